The molecule has 3 rings (SSSR count). The zero-order valence-corrected chi connectivity index (χ0v) is 11.6. The summed E-state index contributed by atoms with van der Waals surface area (Å²) in [6, 6.07) is 13.4. The maximum atomic E-state index is 12.5. The minimum Gasteiger partial charge on any atom is -0.435 e. The van der Waals surface area contributed by atoms with Gasteiger partial charge in [0.25, 0.3) is 0 Å². The summed E-state index contributed by atoms with van der Waals surface area (Å²) in [5.74, 6) is -0.220. The van der Waals surface area contributed by atoms with Crippen molar-refractivity contribution >= 4 is 27.2 Å². The Kier molecular flexibility index (Phi) is 3.66. The largest absolute Gasteiger partial charge is 0.435 e. The summed E-state index contributed by atoms with van der Waals surface area (Å²) in [6.45, 7) is -2.91. The number of ketones is 1. The van der Waals surface area contributed by atoms with Crippen LogP contribution in [0.2, 0.25) is 0 Å². The topological polar surface area (TPSA) is 26.3 Å². The number of rotatable bonds is 4. The van der Waals surface area contributed by atoms with Crippen LogP contribution in [0, 0.1) is 0 Å². The summed E-state index contributed by atoms with van der Waals surface area (Å²) >= 11 is 1.48. The molecule has 0 aliphatic heterocycles. The monoisotopic (exact) mass is 304 g/mol. The van der Waals surface area contributed by atoms with E-state index < -0.39 is 6.61 Å². The normalized spacial score (nSPS) is 11.0. The van der Waals surface area contributed by atoms with Gasteiger partial charge in [-0.15, -0.1) is 11.3 Å². The van der Waals surface area contributed by atoms with Gasteiger partial charge < -0.3 is 4.74 Å². The Balaban J connectivity index is 1.98. The van der Waals surface area contributed by atoms with Gasteiger partial charge in [-0.1, -0.05) is 30.3 Å². The molecule has 0 N–H and O–H groups in total. The van der Waals surface area contributed by atoms with Crippen molar-refractivity contribution in [3.8, 4) is 5.75 Å². The Morgan fingerprint density at radius 2 is 1.90 bits per heavy atom. The smallest absolute Gasteiger partial charge is 0.387 e. The highest BCUT2D eigenvalue weighted by molar-refractivity contribution is 7.17. The molecule has 2 aromatic carbocycles. The van der Waals surface area contributed by atoms with Gasteiger partial charge in [0.2, 0.25) is 0 Å². The van der Waals surface area contributed by atoms with E-state index in [1.54, 1.807) is 11.4 Å². The van der Waals surface area contributed by atoms with Gasteiger partial charge in [0.15, 0.2) is 5.78 Å². The van der Waals surface area contributed by atoms with Gasteiger partial charge in [-0.3, -0.25) is 4.79 Å². The minimum absolute atomic E-state index is 0.0182. The Morgan fingerprint density at radius 1 is 1.10 bits per heavy atom. The molecule has 0 bridgehead atoms. The van der Waals surface area contributed by atoms with E-state index in [-0.39, 0.29) is 11.5 Å². The van der Waals surface area contributed by atoms with E-state index in [1.165, 1.54) is 29.5 Å². The zero-order chi connectivity index (χ0) is 14.8. The van der Waals surface area contributed by atoms with Crippen molar-refractivity contribution in [2.45, 2.75) is 6.61 Å². The van der Waals surface area contributed by atoms with E-state index in [0.29, 0.717) is 11.1 Å². The second-order valence-corrected chi connectivity index (χ2v) is 5.29. The van der Waals surface area contributed by atoms with Crippen molar-refractivity contribution in [1.82, 2.24) is 0 Å². The van der Waals surface area contributed by atoms with Crippen LogP contribution in [0.15, 0.2) is 53.9 Å². The van der Waals surface area contributed by atoms with Gasteiger partial charge in [-0.2, -0.15) is 8.78 Å². The lowest BCUT2D eigenvalue weighted by Gasteiger charge is -2.06. The number of hydrogen-bond acceptors (Lipinski definition) is 3. The van der Waals surface area contributed by atoms with Crippen molar-refractivity contribution in [1.29, 1.82) is 0 Å². The number of carbonyl (C=O) groups is 1. The first-order valence-electron chi connectivity index (χ1n) is 6.21. The molecule has 0 saturated heterocycles. The summed E-state index contributed by atoms with van der Waals surface area (Å²) in [7, 11) is 0. The lowest BCUT2D eigenvalue weighted by molar-refractivity contribution is -0.0498. The van der Waals surface area contributed by atoms with Crippen LogP contribution in [-0.4, -0.2) is 12.4 Å². The fourth-order valence-corrected chi connectivity index (χ4v) is 3.06. The van der Waals surface area contributed by atoms with Gasteiger partial charge in [0, 0.05) is 26.6 Å². The standard InChI is InChI=1S/C16H10F2O2S/c17-16(18)20-11-5-3-4-10(8-11)15(19)13-9-21-14-7-2-1-6-12(13)14/h1-9,16H. The fourth-order valence-electron chi connectivity index (χ4n) is 2.12. The summed E-state index contributed by atoms with van der Waals surface area (Å²) in [5.41, 5.74) is 0.904. The molecule has 1 aromatic heterocycles. The van der Waals surface area contributed by atoms with Gasteiger partial charge in [0.1, 0.15) is 5.75 Å². The highest BCUT2D eigenvalue weighted by atomic mass is 32.1. The van der Waals surface area contributed by atoms with Crippen LogP contribution in [0.3, 0.4) is 0 Å². The molecule has 0 radical (unpaired) electrons. The molecule has 0 aliphatic carbocycles. The second-order valence-electron chi connectivity index (χ2n) is 4.38. The van der Waals surface area contributed by atoms with Crippen LogP contribution < -0.4 is 4.74 Å². The van der Waals surface area contributed by atoms with Crippen molar-refractivity contribution < 1.29 is 18.3 Å². The lowest BCUT2D eigenvalue weighted by Crippen LogP contribution is -2.04. The number of ether oxygens (including phenoxy) is 1. The Labute approximate surface area is 123 Å². The molecule has 0 amide bonds. The second kappa shape index (κ2) is 5.61. The van der Waals surface area contributed by atoms with E-state index in [2.05, 4.69) is 4.74 Å². The molecule has 5 heteroatoms. The molecule has 2 nitrogen and oxygen atoms in total. The molecule has 0 aliphatic rings. The molecule has 0 fully saturated rings. The number of benzene rings is 2. The van der Waals surface area contributed by atoms with E-state index in [1.807, 2.05) is 24.3 Å². The summed E-state index contributed by atoms with van der Waals surface area (Å²) < 4.78 is 29.8. The first-order chi connectivity index (χ1) is 10.1. The van der Waals surface area contributed by atoms with Crippen LogP contribution in [0.25, 0.3) is 10.1 Å². The molecule has 0 unspecified atom stereocenters. The van der Waals surface area contributed by atoms with Crippen molar-refractivity contribution in [3.05, 3.63) is 65.0 Å². The Morgan fingerprint density at radius 3 is 2.71 bits per heavy atom. The van der Waals surface area contributed by atoms with Crippen LogP contribution in [-0.2, 0) is 0 Å². The van der Waals surface area contributed by atoms with E-state index >= 15 is 0 Å². The number of alkyl halides is 2. The Bertz CT molecular complexity index is 796. The van der Waals surface area contributed by atoms with Crippen LogP contribution in [0.5, 0.6) is 5.75 Å². The number of fused-ring (bicyclic) bond motifs is 1. The van der Waals surface area contributed by atoms with Gasteiger partial charge in [-0.05, 0) is 18.2 Å². The third kappa shape index (κ3) is 2.78. The number of hydrogen-bond donors (Lipinski definition) is 0. The summed E-state index contributed by atoms with van der Waals surface area (Å²) in [4.78, 5) is 12.5. The molecule has 3 aromatic rings. The molecule has 0 spiro atoms. The first-order valence-corrected chi connectivity index (χ1v) is 7.09. The third-order valence-electron chi connectivity index (χ3n) is 3.05. The van der Waals surface area contributed by atoms with Crippen molar-refractivity contribution in [2.75, 3.05) is 0 Å². The highest BCUT2D eigenvalue weighted by Gasteiger charge is 2.15. The quantitative estimate of drug-likeness (QED) is 0.651. The predicted octanol–water partition coefficient (Wildman–Crippen LogP) is 4.73. The molecular formula is C16H10F2O2S. The van der Waals surface area contributed by atoms with Crippen molar-refractivity contribution in [2.24, 2.45) is 0 Å². The molecule has 0 atom stereocenters. The average molecular weight is 304 g/mol. The van der Waals surface area contributed by atoms with Gasteiger partial charge in [0.05, 0.1) is 0 Å². The maximum absolute atomic E-state index is 12.5. The van der Waals surface area contributed by atoms with Crippen LogP contribution in [0.4, 0.5) is 8.78 Å². The highest BCUT2D eigenvalue weighted by Crippen LogP contribution is 2.28. The van der Waals surface area contributed by atoms with Crippen LogP contribution >= 0.6 is 11.3 Å². The number of carbonyl (C=O) groups excluding carboxylic acids is 1. The van der Waals surface area contributed by atoms with Gasteiger partial charge >= 0.3 is 6.61 Å². The van der Waals surface area contributed by atoms with Gasteiger partial charge in [-0.25, -0.2) is 0 Å². The lowest BCUT2D eigenvalue weighted by atomic mass is 10.0. The predicted molar refractivity (Wildman–Crippen MR) is 78.3 cm³/mol. The maximum Gasteiger partial charge on any atom is 0.387 e. The first kappa shape index (κ1) is 13.7. The average Bonchev–Trinajstić information content (AvgIpc) is 2.90. The van der Waals surface area contributed by atoms with E-state index in [0.717, 1.165) is 10.1 Å². The van der Waals surface area contributed by atoms with Crippen molar-refractivity contribution in [3.63, 3.8) is 0 Å². The van der Waals surface area contributed by atoms with Crippen LogP contribution in [0.1, 0.15) is 15.9 Å². The molecule has 106 valence electrons. The third-order valence-corrected chi connectivity index (χ3v) is 4.01. The Hall–Kier alpha value is -2.27. The SMILES string of the molecule is O=C(c1cccc(OC(F)F)c1)c1csc2ccccc12. The molecular weight excluding hydrogens is 294 g/mol. The van der Waals surface area contributed by atoms with E-state index in [9.17, 15) is 13.6 Å². The molecule has 21 heavy (non-hydrogen) atoms. The zero-order valence-electron chi connectivity index (χ0n) is 10.8. The van der Waals surface area contributed by atoms with E-state index in [4.69, 9.17) is 0 Å². The summed E-state index contributed by atoms with van der Waals surface area (Å²) in [6.07, 6.45) is 0. The molecule has 1 heterocycles. The number of thiophene rings is 1. The molecule has 0 saturated carbocycles. The fraction of sp³-hybridized carbons (Fsp3) is 0.0625. The summed E-state index contributed by atoms with van der Waals surface area (Å²) in [5, 5.41) is 2.65. The number of halogens is 2. The minimum atomic E-state index is -2.91.